The number of fused-ring (bicyclic) bond motifs is 1. The molecule has 0 atom stereocenters. The summed E-state index contributed by atoms with van der Waals surface area (Å²) in [6, 6.07) is 3.80. The van der Waals surface area contributed by atoms with Crippen molar-refractivity contribution < 1.29 is 9.15 Å². The van der Waals surface area contributed by atoms with Crippen LogP contribution in [0.3, 0.4) is 0 Å². The maximum absolute atomic E-state index is 11.8. The van der Waals surface area contributed by atoms with E-state index in [0.717, 1.165) is 26.5 Å². The van der Waals surface area contributed by atoms with E-state index in [1.807, 2.05) is 32.9 Å². The van der Waals surface area contributed by atoms with E-state index >= 15 is 0 Å². The fourth-order valence-electron chi connectivity index (χ4n) is 2.34. The Morgan fingerprint density at radius 1 is 1.14 bits per heavy atom. The van der Waals surface area contributed by atoms with Gasteiger partial charge in [0.15, 0.2) is 5.01 Å². The van der Waals surface area contributed by atoms with Crippen LogP contribution in [0.5, 0.6) is 5.75 Å². The number of hydrogen-bond acceptors (Lipinski definition) is 6. The largest absolute Gasteiger partial charge is 0.486 e. The third kappa shape index (κ3) is 2.62. The first-order valence-corrected chi connectivity index (χ1v) is 7.74. The summed E-state index contributed by atoms with van der Waals surface area (Å²) in [4.78, 5) is 11.8. The number of nitrogens with zero attached hydrogens (tertiary/aromatic N) is 2. The van der Waals surface area contributed by atoms with Gasteiger partial charge in [-0.25, -0.2) is 4.79 Å². The molecular formula is C16H16N2O3S. The first-order valence-electron chi connectivity index (χ1n) is 6.92. The van der Waals surface area contributed by atoms with E-state index in [1.165, 1.54) is 11.3 Å². The van der Waals surface area contributed by atoms with Gasteiger partial charge in [-0.2, -0.15) is 0 Å². The van der Waals surface area contributed by atoms with Crippen LogP contribution in [0, 0.1) is 27.7 Å². The normalized spacial score (nSPS) is 11.1. The maximum Gasteiger partial charge on any atom is 0.339 e. The van der Waals surface area contributed by atoms with E-state index in [4.69, 9.17) is 9.15 Å². The van der Waals surface area contributed by atoms with Crippen molar-refractivity contribution in [1.82, 2.24) is 10.2 Å². The Morgan fingerprint density at radius 2 is 1.91 bits per heavy atom. The van der Waals surface area contributed by atoms with Crippen molar-refractivity contribution in [3.05, 3.63) is 49.3 Å². The fourth-order valence-corrected chi connectivity index (χ4v) is 2.96. The highest BCUT2D eigenvalue weighted by molar-refractivity contribution is 7.11. The minimum Gasteiger partial charge on any atom is -0.486 e. The van der Waals surface area contributed by atoms with Crippen LogP contribution in [-0.2, 0) is 6.61 Å². The SMILES string of the molecule is Cc1cc(OCc2nnc(C)s2)c2c(C)c(C)c(=O)oc2c1. The lowest BCUT2D eigenvalue weighted by Crippen LogP contribution is -2.07. The predicted molar refractivity (Wildman–Crippen MR) is 85.7 cm³/mol. The first-order chi connectivity index (χ1) is 10.5. The molecular weight excluding hydrogens is 300 g/mol. The molecule has 0 N–H and O–H groups in total. The van der Waals surface area contributed by atoms with Crippen LogP contribution in [0.15, 0.2) is 21.3 Å². The Balaban J connectivity index is 2.08. The second-order valence-corrected chi connectivity index (χ2v) is 6.55. The molecule has 5 nitrogen and oxygen atoms in total. The highest BCUT2D eigenvalue weighted by atomic mass is 32.1. The molecule has 0 saturated heterocycles. The first kappa shape index (κ1) is 14.7. The lowest BCUT2D eigenvalue weighted by Gasteiger charge is -2.12. The second-order valence-electron chi connectivity index (χ2n) is 5.28. The minimum atomic E-state index is -0.304. The van der Waals surface area contributed by atoms with Crippen molar-refractivity contribution in [3.8, 4) is 5.75 Å². The minimum absolute atomic E-state index is 0.304. The molecule has 0 radical (unpaired) electrons. The van der Waals surface area contributed by atoms with Crippen LogP contribution >= 0.6 is 11.3 Å². The highest BCUT2D eigenvalue weighted by Crippen LogP contribution is 2.31. The Kier molecular flexibility index (Phi) is 3.70. The van der Waals surface area contributed by atoms with E-state index in [0.29, 0.717) is 23.5 Å². The van der Waals surface area contributed by atoms with Gasteiger partial charge >= 0.3 is 5.63 Å². The van der Waals surface area contributed by atoms with Gasteiger partial charge < -0.3 is 9.15 Å². The van der Waals surface area contributed by atoms with Gasteiger partial charge in [0.05, 0.1) is 5.39 Å². The van der Waals surface area contributed by atoms with E-state index in [-0.39, 0.29) is 5.63 Å². The summed E-state index contributed by atoms with van der Waals surface area (Å²) in [6.45, 7) is 7.87. The average Bonchev–Trinajstić information content (AvgIpc) is 2.87. The molecule has 6 heteroatoms. The van der Waals surface area contributed by atoms with Crippen molar-refractivity contribution in [2.75, 3.05) is 0 Å². The Morgan fingerprint density at radius 3 is 2.59 bits per heavy atom. The zero-order valence-electron chi connectivity index (χ0n) is 12.9. The second kappa shape index (κ2) is 5.53. The summed E-state index contributed by atoms with van der Waals surface area (Å²) in [5, 5.41) is 10.6. The quantitative estimate of drug-likeness (QED) is 0.692. The van der Waals surface area contributed by atoms with Gasteiger partial charge in [0.2, 0.25) is 0 Å². The Labute approximate surface area is 131 Å². The predicted octanol–water partition coefficient (Wildman–Crippen LogP) is 3.46. The molecule has 114 valence electrons. The number of rotatable bonds is 3. The maximum atomic E-state index is 11.8. The van der Waals surface area contributed by atoms with Gasteiger partial charge in [0.25, 0.3) is 0 Å². The Hall–Kier alpha value is -2.21. The van der Waals surface area contributed by atoms with E-state index < -0.39 is 0 Å². The molecule has 3 aromatic rings. The number of aromatic nitrogens is 2. The summed E-state index contributed by atoms with van der Waals surface area (Å²) in [7, 11) is 0. The molecule has 0 aliphatic heterocycles. The van der Waals surface area contributed by atoms with Crippen LogP contribution in [0.2, 0.25) is 0 Å². The van der Waals surface area contributed by atoms with Crippen LogP contribution in [0.1, 0.15) is 26.7 Å². The molecule has 0 unspecified atom stereocenters. The standard InChI is InChI=1S/C16H16N2O3S/c1-8-5-12(20-7-14-18-17-11(4)22-14)15-9(2)10(3)16(19)21-13(15)6-8/h5-6H,7H2,1-4H3. The summed E-state index contributed by atoms with van der Waals surface area (Å²) in [5.74, 6) is 0.701. The number of aryl methyl sites for hydroxylation is 3. The third-order valence-corrected chi connectivity index (χ3v) is 4.39. The third-order valence-electron chi connectivity index (χ3n) is 3.58. The van der Waals surface area contributed by atoms with E-state index in [9.17, 15) is 4.79 Å². The Bertz CT molecular complexity index is 912. The molecule has 0 saturated carbocycles. The van der Waals surface area contributed by atoms with Crippen LogP contribution < -0.4 is 10.4 Å². The molecule has 0 bridgehead atoms. The van der Waals surface area contributed by atoms with Crippen molar-refractivity contribution in [2.45, 2.75) is 34.3 Å². The van der Waals surface area contributed by atoms with E-state index in [2.05, 4.69) is 10.2 Å². The number of ether oxygens (including phenoxy) is 1. The average molecular weight is 316 g/mol. The molecule has 2 heterocycles. The molecule has 0 spiro atoms. The van der Waals surface area contributed by atoms with Crippen molar-refractivity contribution in [1.29, 1.82) is 0 Å². The molecule has 0 amide bonds. The smallest absolute Gasteiger partial charge is 0.339 e. The van der Waals surface area contributed by atoms with Gasteiger partial charge in [0.1, 0.15) is 22.9 Å². The lowest BCUT2D eigenvalue weighted by atomic mass is 10.0. The molecule has 0 aliphatic carbocycles. The molecule has 2 aromatic heterocycles. The van der Waals surface area contributed by atoms with Crippen LogP contribution in [-0.4, -0.2) is 10.2 Å². The summed E-state index contributed by atoms with van der Waals surface area (Å²) in [5.41, 5.74) is 2.71. The van der Waals surface area contributed by atoms with E-state index in [1.54, 1.807) is 6.92 Å². The number of benzene rings is 1. The molecule has 0 aliphatic rings. The zero-order valence-corrected chi connectivity index (χ0v) is 13.7. The highest BCUT2D eigenvalue weighted by Gasteiger charge is 2.14. The van der Waals surface area contributed by atoms with Gasteiger partial charge in [-0.05, 0) is 51.0 Å². The molecule has 0 fully saturated rings. The summed E-state index contributed by atoms with van der Waals surface area (Å²) >= 11 is 1.51. The fraction of sp³-hybridized carbons (Fsp3) is 0.312. The van der Waals surface area contributed by atoms with Gasteiger partial charge in [0, 0.05) is 5.56 Å². The van der Waals surface area contributed by atoms with Gasteiger partial charge in [-0.1, -0.05) is 11.3 Å². The van der Waals surface area contributed by atoms with Crippen molar-refractivity contribution in [2.24, 2.45) is 0 Å². The van der Waals surface area contributed by atoms with Gasteiger partial charge in [-0.3, -0.25) is 0 Å². The van der Waals surface area contributed by atoms with Gasteiger partial charge in [-0.15, -0.1) is 10.2 Å². The number of hydrogen-bond donors (Lipinski definition) is 0. The lowest BCUT2D eigenvalue weighted by molar-refractivity contribution is 0.307. The molecule has 3 rings (SSSR count). The summed E-state index contributed by atoms with van der Waals surface area (Å²) in [6.07, 6.45) is 0. The molecule has 22 heavy (non-hydrogen) atoms. The van der Waals surface area contributed by atoms with Crippen LogP contribution in [0.25, 0.3) is 11.0 Å². The zero-order chi connectivity index (χ0) is 15.9. The van der Waals surface area contributed by atoms with Crippen molar-refractivity contribution in [3.63, 3.8) is 0 Å². The monoisotopic (exact) mass is 316 g/mol. The van der Waals surface area contributed by atoms with Crippen molar-refractivity contribution >= 4 is 22.3 Å². The molecule has 1 aromatic carbocycles. The topological polar surface area (TPSA) is 65.2 Å². The summed E-state index contributed by atoms with van der Waals surface area (Å²) < 4.78 is 11.3. The van der Waals surface area contributed by atoms with Crippen LogP contribution in [0.4, 0.5) is 0 Å².